The summed E-state index contributed by atoms with van der Waals surface area (Å²) in [5.41, 5.74) is 0. The van der Waals surface area contributed by atoms with Gasteiger partial charge in [0.1, 0.15) is 25.4 Å². The van der Waals surface area contributed by atoms with E-state index in [2.05, 4.69) is 179 Å². The van der Waals surface area contributed by atoms with Gasteiger partial charge in [0.05, 0.1) is 26.4 Å². The molecule has 0 aromatic heterocycles. The van der Waals surface area contributed by atoms with E-state index in [0.717, 1.165) is 135 Å². The molecule has 141 heavy (non-hydrogen) atoms. The van der Waals surface area contributed by atoms with E-state index in [4.69, 9.17) is 32.3 Å². The Kier molecular flexibility index (Phi) is 110. The predicted molar refractivity (Wildman–Crippen MR) is 602 cm³/mol. The summed E-state index contributed by atoms with van der Waals surface area (Å²) in [5.74, 6) is -1.54. The van der Waals surface area contributed by atoms with Crippen LogP contribution in [0.3, 0.4) is 0 Å². The Bertz CT molecular complexity index is 3200. The van der Waals surface area contributed by atoms with Crippen molar-refractivity contribution >= 4 is 33.6 Å². The predicted octanol–water partition coefficient (Wildman–Crippen LogP) is 38.3. The van der Waals surface area contributed by atoms with E-state index in [1.807, 2.05) is 0 Å². The molecule has 4 N–H and O–H groups in total. The highest BCUT2D eigenvalue weighted by molar-refractivity contribution is 7.47. The number of hydrogen-bond acceptors (Lipinski definition) is 14. The van der Waals surface area contributed by atoms with Gasteiger partial charge >= 0.3 is 33.6 Å². The number of phosphoric acid groups is 2. The van der Waals surface area contributed by atoms with Crippen molar-refractivity contribution in [3.63, 3.8) is 0 Å². The Morgan fingerprint density at radius 2 is 0.376 bits per heavy atom. The molecule has 0 heterocycles. The first kappa shape index (κ1) is 136. The lowest BCUT2D eigenvalue weighted by molar-refractivity contribution is -0.161. The van der Waals surface area contributed by atoms with Gasteiger partial charge in [-0.25, -0.2) is 9.13 Å². The van der Waals surface area contributed by atoms with Crippen molar-refractivity contribution in [1.29, 1.82) is 0 Å². The quantitative estimate of drug-likeness (QED) is 0.0146. The maximum atomic E-state index is 13.2. The van der Waals surface area contributed by atoms with Crippen LogP contribution in [0.1, 0.15) is 547 Å². The van der Waals surface area contributed by atoms with Crippen molar-refractivity contribution in [2.45, 2.75) is 566 Å². The molecule has 0 aliphatic heterocycles. The number of hydrogen-bond donors (Lipinski definition) is 4. The number of esters is 3. The molecule has 0 aromatic rings. The zero-order chi connectivity index (χ0) is 102. The fourth-order valence-corrected chi connectivity index (χ4v) is 18.5. The lowest BCUT2D eigenvalue weighted by Gasteiger charge is -2.21. The standard InChI is InChI=1S/C123H218O16P2/c1-4-7-10-13-16-19-22-25-28-31-34-37-40-43-46-49-52-55-58-61-64-67-70-73-76-79-82-85-88-91-94-97-100-103-106-109-121(126)133-112-118(124)113-135-140(129,130)136-114-119(125)115-137-141(131,132)138-117-120(139-123(128)111-108-105-102-99-96-93-90-87-84-81-78-75-72-69-66-63-60-57-54-51-48-45-42-39-36-33-30-27-24-21-18-15-12-9-6-3)116-134-122(127)110-107-104-101-98-95-92-89-86-83-80-77-74-71-68-65-62-59-56-53-50-47-44-41-38-35-32-29-26-23-20-17-14-11-8-5-2/h7,10,16-21,25-30,34-39,43-48,118-120,124-125H,4-6,8-9,11-15,22-24,31-33,40-42,49-117H2,1-3H3,(H,129,130)(H,131,132)/b10-7-,19-16-,20-17-,21-18-,28-25-,29-26-,30-27-,37-34-,38-35-,39-36-,46-43-,47-44-,48-45-. The third kappa shape index (κ3) is 115. The fourth-order valence-electron chi connectivity index (χ4n) is 16.9. The Hall–Kier alpha value is -4.83. The number of phosphoric ester groups is 2. The van der Waals surface area contributed by atoms with Crippen molar-refractivity contribution in [1.82, 2.24) is 0 Å². The first-order valence-electron chi connectivity index (χ1n) is 58.8. The molecule has 0 radical (unpaired) electrons. The third-order valence-corrected chi connectivity index (χ3v) is 27.6. The number of carbonyl (C=O) groups excluding carboxylic acids is 3. The molecule has 16 nitrogen and oxygen atoms in total. The molecule has 0 fully saturated rings. The molecule has 5 atom stereocenters. The maximum Gasteiger partial charge on any atom is 0.472 e. The van der Waals surface area contributed by atoms with Gasteiger partial charge in [0.15, 0.2) is 6.10 Å². The number of rotatable bonds is 112. The lowest BCUT2D eigenvalue weighted by Crippen LogP contribution is -2.30. The zero-order valence-corrected chi connectivity index (χ0v) is 92.8. The second-order valence-corrected chi connectivity index (χ2v) is 42.5. The number of allylic oxidation sites excluding steroid dienone is 26. The molecule has 18 heteroatoms. The lowest BCUT2D eigenvalue weighted by atomic mass is 10.0. The second kappa shape index (κ2) is 114. The van der Waals surface area contributed by atoms with Crippen LogP contribution in [0.4, 0.5) is 0 Å². The van der Waals surface area contributed by atoms with Gasteiger partial charge in [0, 0.05) is 19.3 Å². The van der Waals surface area contributed by atoms with Gasteiger partial charge in [-0.15, -0.1) is 0 Å². The first-order valence-corrected chi connectivity index (χ1v) is 61.8. The highest BCUT2D eigenvalue weighted by Gasteiger charge is 2.30. The average molecular weight is 2020 g/mol. The van der Waals surface area contributed by atoms with E-state index >= 15 is 0 Å². The number of unbranched alkanes of at least 4 members (excludes halogenated alkanes) is 63. The topological polar surface area (TPSA) is 231 Å². The molecule has 0 aliphatic carbocycles. The van der Waals surface area contributed by atoms with Crippen LogP contribution in [-0.2, 0) is 55.8 Å². The van der Waals surface area contributed by atoms with Crippen LogP contribution in [0.25, 0.3) is 0 Å². The summed E-state index contributed by atoms with van der Waals surface area (Å²) in [6.07, 6.45) is 151. The van der Waals surface area contributed by atoms with Crippen molar-refractivity contribution < 1.29 is 75.8 Å². The highest BCUT2D eigenvalue weighted by Crippen LogP contribution is 2.45. The SMILES string of the molecule is CC/C=C\C/C=C\C/C=C\C/C=C\C/C=C\CCCCCCCCCCCCCCCCCCCCCC(=O)OCC(O)COP(=O)(O)OCC(O)COP(=O)(O)OCC(COC(=O)CCCCCCCCCCCCCCCCCCCCC/C=C\C/C=C\C/C=C\C/C=C\CCCCC)OC(=O)CCCCCCCCCCCCCCCCCCCCC/C=C\C/C=C\C/C=C\C/C=C\CCCCC. The van der Waals surface area contributed by atoms with E-state index in [0.29, 0.717) is 19.3 Å². The van der Waals surface area contributed by atoms with Gasteiger partial charge in [-0.2, -0.15) is 0 Å². The number of ether oxygens (including phenoxy) is 3. The Morgan fingerprint density at radius 3 is 0.596 bits per heavy atom. The van der Waals surface area contributed by atoms with E-state index < -0.39 is 91.5 Å². The van der Waals surface area contributed by atoms with Gasteiger partial charge in [0.25, 0.3) is 0 Å². The Labute approximate surface area is 867 Å². The molecule has 5 unspecified atom stereocenters. The minimum Gasteiger partial charge on any atom is -0.463 e. The molecule has 0 rings (SSSR count). The van der Waals surface area contributed by atoms with Crippen LogP contribution >= 0.6 is 15.6 Å². The normalized spacial score (nSPS) is 14.1. The molecule has 0 amide bonds. The highest BCUT2D eigenvalue weighted by atomic mass is 31.2. The summed E-state index contributed by atoms with van der Waals surface area (Å²) < 4.78 is 61.9. The van der Waals surface area contributed by atoms with Crippen molar-refractivity contribution in [3.8, 4) is 0 Å². The van der Waals surface area contributed by atoms with E-state index in [-0.39, 0.29) is 19.3 Å². The van der Waals surface area contributed by atoms with Gasteiger partial charge in [-0.3, -0.25) is 32.5 Å². The van der Waals surface area contributed by atoms with Crippen LogP contribution in [-0.4, -0.2) is 95.9 Å². The number of aliphatic hydroxyl groups is 2. The largest absolute Gasteiger partial charge is 0.472 e. The van der Waals surface area contributed by atoms with Gasteiger partial charge < -0.3 is 34.2 Å². The summed E-state index contributed by atoms with van der Waals surface area (Å²) in [7, 11) is -9.82. The molecule has 0 aliphatic rings. The summed E-state index contributed by atoms with van der Waals surface area (Å²) >= 11 is 0. The van der Waals surface area contributed by atoms with Crippen LogP contribution in [0.15, 0.2) is 158 Å². The Morgan fingerprint density at radius 1 is 0.206 bits per heavy atom. The molecule has 0 spiro atoms. The number of carbonyl (C=O) groups is 3. The van der Waals surface area contributed by atoms with Crippen molar-refractivity contribution in [2.75, 3.05) is 39.6 Å². The molecule has 0 saturated heterocycles. The van der Waals surface area contributed by atoms with Gasteiger partial charge in [-0.1, -0.05) is 532 Å². The van der Waals surface area contributed by atoms with E-state index in [1.165, 1.54) is 353 Å². The monoisotopic (exact) mass is 2010 g/mol. The van der Waals surface area contributed by atoms with Crippen LogP contribution in [0, 0.1) is 0 Å². The first-order chi connectivity index (χ1) is 69.2. The van der Waals surface area contributed by atoms with Crippen LogP contribution in [0.2, 0.25) is 0 Å². The van der Waals surface area contributed by atoms with Crippen LogP contribution in [0.5, 0.6) is 0 Å². The minimum absolute atomic E-state index is 0.107. The molecule has 0 bridgehead atoms. The van der Waals surface area contributed by atoms with Gasteiger partial charge in [-0.05, 0) is 154 Å². The van der Waals surface area contributed by atoms with Crippen molar-refractivity contribution in [2.24, 2.45) is 0 Å². The maximum absolute atomic E-state index is 13.2. The molecule has 816 valence electrons. The summed E-state index contributed by atoms with van der Waals surface area (Å²) in [6, 6.07) is 0. The van der Waals surface area contributed by atoms with Crippen LogP contribution < -0.4 is 0 Å². The minimum atomic E-state index is -4.95. The molecular formula is C123H218O16P2. The number of aliphatic hydroxyl groups excluding tert-OH is 2. The average Bonchev–Trinajstić information content (AvgIpc) is 0.899. The summed E-state index contributed by atoms with van der Waals surface area (Å²) in [4.78, 5) is 59.4. The van der Waals surface area contributed by atoms with E-state index in [9.17, 15) is 43.5 Å². The fraction of sp³-hybridized carbons (Fsp3) is 0.764. The smallest absolute Gasteiger partial charge is 0.463 e. The third-order valence-electron chi connectivity index (χ3n) is 25.7. The second-order valence-electron chi connectivity index (χ2n) is 39.6. The summed E-state index contributed by atoms with van der Waals surface area (Å²) in [5, 5.41) is 20.9. The molecule has 0 aromatic carbocycles. The van der Waals surface area contributed by atoms with Gasteiger partial charge in [0.2, 0.25) is 0 Å². The van der Waals surface area contributed by atoms with Crippen molar-refractivity contribution in [3.05, 3.63) is 158 Å². The van der Waals surface area contributed by atoms with E-state index in [1.54, 1.807) is 0 Å². The summed E-state index contributed by atoms with van der Waals surface area (Å²) in [6.45, 7) is 2.64. The molecular weight excluding hydrogens is 1800 g/mol. The molecule has 0 saturated carbocycles. The Balaban J connectivity index is 4.58. The zero-order valence-electron chi connectivity index (χ0n) is 91.1.